The molecule has 164 valence electrons. The lowest BCUT2D eigenvalue weighted by molar-refractivity contribution is 0.338. The van der Waals surface area contributed by atoms with Gasteiger partial charge >= 0.3 is 0 Å². The summed E-state index contributed by atoms with van der Waals surface area (Å²) in [5.74, 6) is 0.113. The van der Waals surface area contributed by atoms with Gasteiger partial charge in [0.15, 0.2) is 0 Å². The Kier molecular flexibility index (Phi) is 7.01. The van der Waals surface area contributed by atoms with E-state index in [0.717, 1.165) is 40.8 Å². The number of nitrogens with zero attached hydrogens (tertiary/aromatic N) is 1. The summed E-state index contributed by atoms with van der Waals surface area (Å²) < 4.78 is 34.1. The molecule has 1 aromatic heterocycles. The van der Waals surface area contributed by atoms with Crippen molar-refractivity contribution in [2.45, 2.75) is 32.6 Å². The lowest BCUT2D eigenvalue weighted by Crippen LogP contribution is -1.98. The van der Waals surface area contributed by atoms with E-state index in [9.17, 15) is 4.39 Å². The van der Waals surface area contributed by atoms with Crippen molar-refractivity contribution in [2.75, 3.05) is 6.61 Å². The third-order valence-electron chi connectivity index (χ3n) is 5.54. The van der Waals surface area contributed by atoms with Crippen molar-refractivity contribution in [3.05, 3.63) is 106 Å². The molecular weight excluding hydrogens is 428 g/mol. The SMILES string of the molecule is CCOc1ccc(CCc2ccc3c(F)c(CCc4ccc(Cl)c(F)c4)ccc3c2)nc1. The van der Waals surface area contributed by atoms with Crippen LogP contribution in [0.25, 0.3) is 10.8 Å². The zero-order valence-electron chi connectivity index (χ0n) is 17.9. The van der Waals surface area contributed by atoms with Gasteiger partial charge in [0.2, 0.25) is 0 Å². The third kappa shape index (κ3) is 5.25. The van der Waals surface area contributed by atoms with Crippen LogP contribution in [0.5, 0.6) is 5.75 Å². The van der Waals surface area contributed by atoms with Crippen LogP contribution in [0.3, 0.4) is 0 Å². The van der Waals surface area contributed by atoms with Gasteiger partial charge in [-0.2, -0.15) is 0 Å². The Morgan fingerprint density at radius 1 is 0.844 bits per heavy atom. The van der Waals surface area contributed by atoms with E-state index in [2.05, 4.69) is 4.98 Å². The van der Waals surface area contributed by atoms with Gasteiger partial charge in [-0.05, 0) is 78.9 Å². The average Bonchev–Trinajstić information content (AvgIpc) is 2.80. The highest BCUT2D eigenvalue weighted by molar-refractivity contribution is 6.30. The molecule has 5 heteroatoms. The van der Waals surface area contributed by atoms with E-state index in [0.29, 0.717) is 30.4 Å². The third-order valence-corrected chi connectivity index (χ3v) is 5.85. The number of aryl methyl sites for hydroxylation is 4. The molecule has 2 nitrogen and oxygen atoms in total. The first-order chi connectivity index (χ1) is 15.5. The van der Waals surface area contributed by atoms with Crippen molar-refractivity contribution < 1.29 is 13.5 Å². The van der Waals surface area contributed by atoms with Crippen LogP contribution in [0.2, 0.25) is 5.02 Å². The predicted molar refractivity (Wildman–Crippen MR) is 126 cm³/mol. The molecule has 3 aromatic carbocycles. The van der Waals surface area contributed by atoms with E-state index in [1.54, 1.807) is 12.3 Å². The van der Waals surface area contributed by atoms with Gasteiger partial charge in [-0.3, -0.25) is 4.98 Å². The molecule has 0 saturated carbocycles. The van der Waals surface area contributed by atoms with Gasteiger partial charge in [-0.15, -0.1) is 0 Å². The number of aromatic nitrogens is 1. The van der Waals surface area contributed by atoms with Gasteiger partial charge in [-0.1, -0.05) is 48.0 Å². The fourth-order valence-electron chi connectivity index (χ4n) is 3.79. The summed E-state index contributed by atoms with van der Waals surface area (Å²) in [5.41, 5.74) is 3.55. The number of halogens is 3. The molecule has 0 aliphatic carbocycles. The molecule has 0 atom stereocenters. The Morgan fingerprint density at radius 2 is 1.62 bits per heavy atom. The molecule has 0 radical (unpaired) electrons. The second kappa shape index (κ2) is 10.1. The zero-order valence-corrected chi connectivity index (χ0v) is 18.6. The Balaban J connectivity index is 1.43. The molecule has 32 heavy (non-hydrogen) atoms. The number of rotatable bonds is 8. The van der Waals surface area contributed by atoms with E-state index in [1.807, 2.05) is 49.4 Å². The minimum Gasteiger partial charge on any atom is -0.492 e. The van der Waals surface area contributed by atoms with Crippen LogP contribution in [-0.2, 0) is 25.7 Å². The van der Waals surface area contributed by atoms with E-state index >= 15 is 4.39 Å². The molecule has 4 rings (SSSR count). The second-order valence-corrected chi connectivity index (χ2v) is 8.17. The number of hydrogen-bond acceptors (Lipinski definition) is 2. The lowest BCUT2D eigenvalue weighted by atomic mass is 9.98. The van der Waals surface area contributed by atoms with Crippen LogP contribution in [-0.4, -0.2) is 11.6 Å². The monoisotopic (exact) mass is 451 g/mol. The largest absolute Gasteiger partial charge is 0.492 e. The molecule has 0 saturated heterocycles. The minimum atomic E-state index is -0.448. The number of hydrogen-bond donors (Lipinski definition) is 0. The highest BCUT2D eigenvalue weighted by atomic mass is 35.5. The first-order valence-corrected chi connectivity index (χ1v) is 11.1. The molecule has 0 N–H and O–H groups in total. The summed E-state index contributed by atoms with van der Waals surface area (Å²) in [6.07, 6.45) is 4.41. The van der Waals surface area contributed by atoms with Crippen LogP contribution in [0.1, 0.15) is 29.3 Å². The van der Waals surface area contributed by atoms with Crippen molar-refractivity contribution >= 4 is 22.4 Å². The predicted octanol–water partition coefficient (Wildman–Crippen LogP) is 7.14. The number of ether oxygens (including phenoxy) is 1. The van der Waals surface area contributed by atoms with Gasteiger partial charge in [-0.25, -0.2) is 8.78 Å². The van der Waals surface area contributed by atoms with Gasteiger partial charge < -0.3 is 4.74 Å². The molecule has 1 heterocycles. The first-order valence-electron chi connectivity index (χ1n) is 10.7. The lowest BCUT2D eigenvalue weighted by Gasteiger charge is -2.09. The molecule has 0 amide bonds. The number of fused-ring (bicyclic) bond motifs is 1. The van der Waals surface area contributed by atoms with Crippen LogP contribution >= 0.6 is 11.6 Å². The molecular formula is C27H24ClF2NO. The molecule has 0 unspecified atom stereocenters. The van der Waals surface area contributed by atoms with Crippen molar-refractivity contribution in [2.24, 2.45) is 0 Å². The molecule has 0 spiro atoms. The normalized spacial score (nSPS) is 11.1. The van der Waals surface area contributed by atoms with Crippen LogP contribution in [0, 0.1) is 11.6 Å². The van der Waals surface area contributed by atoms with Crippen molar-refractivity contribution in [3.8, 4) is 5.75 Å². The van der Waals surface area contributed by atoms with Crippen LogP contribution in [0.4, 0.5) is 8.78 Å². The Morgan fingerprint density at radius 3 is 2.38 bits per heavy atom. The van der Waals surface area contributed by atoms with Crippen molar-refractivity contribution in [3.63, 3.8) is 0 Å². The smallest absolute Gasteiger partial charge is 0.142 e. The average molecular weight is 452 g/mol. The Labute approximate surface area is 191 Å². The summed E-state index contributed by atoms with van der Waals surface area (Å²) in [7, 11) is 0. The van der Waals surface area contributed by atoms with E-state index < -0.39 is 5.82 Å². The summed E-state index contributed by atoms with van der Waals surface area (Å²) in [5, 5.41) is 1.58. The van der Waals surface area contributed by atoms with E-state index in [1.165, 1.54) is 12.1 Å². The van der Waals surface area contributed by atoms with Crippen LogP contribution < -0.4 is 4.74 Å². The Hall–Kier alpha value is -2.98. The number of pyridine rings is 1. The van der Waals surface area contributed by atoms with Crippen LogP contribution in [0.15, 0.2) is 66.9 Å². The maximum Gasteiger partial charge on any atom is 0.142 e. The number of benzene rings is 3. The highest BCUT2D eigenvalue weighted by Gasteiger charge is 2.10. The Bertz CT molecular complexity index is 1220. The topological polar surface area (TPSA) is 22.1 Å². The van der Waals surface area contributed by atoms with E-state index in [-0.39, 0.29) is 10.8 Å². The maximum absolute atomic E-state index is 15.1. The molecule has 4 aromatic rings. The highest BCUT2D eigenvalue weighted by Crippen LogP contribution is 2.25. The van der Waals surface area contributed by atoms with Gasteiger partial charge in [0.25, 0.3) is 0 Å². The maximum atomic E-state index is 15.1. The van der Waals surface area contributed by atoms with E-state index in [4.69, 9.17) is 16.3 Å². The van der Waals surface area contributed by atoms with Gasteiger partial charge in [0.05, 0.1) is 17.8 Å². The summed E-state index contributed by atoms with van der Waals surface area (Å²) in [6.45, 7) is 2.57. The second-order valence-electron chi connectivity index (χ2n) is 7.76. The first kappa shape index (κ1) is 22.2. The minimum absolute atomic E-state index is 0.0970. The molecule has 0 fully saturated rings. The fourth-order valence-corrected chi connectivity index (χ4v) is 3.91. The van der Waals surface area contributed by atoms with Gasteiger partial charge in [0, 0.05) is 11.1 Å². The fraction of sp³-hybridized carbons (Fsp3) is 0.222. The summed E-state index contributed by atoms with van der Waals surface area (Å²) >= 11 is 5.73. The summed E-state index contributed by atoms with van der Waals surface area (Å²) in [6, 6.07) is 18.2. The quantitative estimate of drug-likeness (QED) is 0.284. The molecule has 0 aliphatic rings. The van der Waals surface area contributed by atoms with Crippen molar-refractivity contribution in [1.82, 2.24) is 4.98 Å². The zero-order chi connectivity index (χ0) is 22.5. The standard InChI is InChI=1S/C27H24ClF2NO/c1-2-32-23-12-11-22(31-17-23)10-4-18-5-13-24-21(15-18)9-8-20(27(24)30)7-3-19-6-14-25(28)26(29)16-19/h5-6,8-9,11-17H,2-4,7,10H2,1H3. The van der Waals surface area contributed by atoms with Crippen molar-refractivity contribution in [1.29, 1.82) is 0 Å². The van der Waals surface area contributed by atoms with Gasteiger partial charge in [0.1, 0.15) is 17.4 Å². The summed E-state index contributed by atoms with van der Waals surface area (Å²) in [4.78, 5) is 4.44. The molecule has 0 bridgehead atoms. The molecule has 0 aliphatic heterocycles.